The van der Waals surface area contributed by atoms with Gasteiger partial charge in [-0.05, 0) is 12.5 Å². The maximum atomic E-state index is 5.78. The average molecular weight is 330 g/mol. The lowest BCUT2D eigenvalue weighted by molar-refractivity contribution is 0.552. The molecule has 0 aliphatic heterocycles. The van der Waals surface area contributed by atoms with Gasteiger partial charge in [-0.1, -0.05) is 77.6 Å². The number of hydrogen-bond acceptors (Lipinski definition) is 0. The Morgan fingerprint density at radius 1 is 0.667 bits per heavy atom. The first-order valence-electron chi connectivity index (χ1n) is 7.26. The van der Waals surface area contributed by atoms with E-state index in [1.54, 1.807) is 0 Å². The molecule has 0 bridgehead atoms. The Morgan fingerprint density at radius 2 is 1.06 bits per heavy atom. The summed E-state index contributed by atoms with van der Waals surface area (Å²) < 4.78 is 0. The minimum absolute atomic E-state index is 0.966. The fraction of sp³-hybridized carbons (Fsp3) is 0.857. The maximum absolute atomic E-state index is 5.78. The quantitative estimate of drug-likeness (QED) is 0.196. The molecular weight excluding hydrogens is 303 g/mol. The number of rotatable bonds is 13. The van der Waals surface area contributed by atoms with Crippen molar-refractivity contribution in [2.45, 2.75) is 77.0 Å². The van der Waals surface area contributed by atoms with Gasteiger partial charge in [-0.25, -0.2) is 0 Å². The molecule has 2 radical (unpaired) electrons. The Balaban J connectivity index is 2.99. The Morgan fingerprint density at radius 3 is 1.44 bits per heavy atom. The summed E-state index contributed by atoms with van der Waals surface area (Å²) in [6, 6.07) is -0.564. The molecule has 0 amide bonds. The van der Waals surface area contributed by atoms with Crippen LogP contribution in [0.15, 0.2) is 0 Å². The van der Waals surface area contributed by atoms with E-state index in [4.69, 9.17) is 33.2 Å². The predicted molar refractivity (Wildman–Crippen MR) is 88.4 cm³/mol. The molecule has 0 aliphatic carbocycles. The van der Waals surface area contributed by atoms with Crippen molar-refractivity contribution in [2.75, 3.05) is 0 Å². The molecule has 0 saturated carbocycles. The number of unbranched alkanes of at least 4 members (excludes halogenated alkanes) is 11. The van der Waals surface area contributed by atoms with E-state index < -0.39 is 6.00 Å². The van der Waals surface area contributed by atoms with Gasteiger partial charge in [0.1, 0.15) is 0 Å². The maximum Gasteiger partial charge on any atom is 0.344 e. The summed E-state index contributed by atoms with van der Waals surface area (Å²) in [6.45, 7) is 3.86. The Kier molecular flexibility index (Phi) is 13.9. The van der Waals surface area contributed by atoms with Crippen LogP contribution >= 0.6 is 33.2 Å². The highest BCUT2D eigenvalue weighted by Gasteiger charge is 2.23. The monoisotopic (exact) mass is 328 g/mol. The highest BCUT2D eigenvalue weighted by molar-refractivity contribution is 7.66. The van der Waals surface area contributed by atoms with Gasteiger partial charge in [0.2, 0.25) is 0 Å². The summed E-state index contributed by atoms with van der Waals surface area (Å²) in [6.07, 6.45) is 15.4. The zero-order chi connectivity index (χ0) is 13.7. The van der Waals surface area contributed by atoms with Gasteiger partial charge in [-0.3, -0.25) is 0 Å². The lowest BCUT2D eigenvalue weighted by Crippen LogP contribution is -2.10. The highest BCUT2D eigenvalue weighted by atomic mass is 35.8. The second kappa shape index (κ2) is 13.1. The molecule has 0 aliphatic rings. The van der Waals surface area contributed by atoms with Gasteiger partial charge >= 0.3 is 6.00 Å². The molecule has 0 aromatic carbocycles. The molecule has 108 valence electrons. The molecule has 0 N–H and O–H groups in total. The zero-order valence-corrected chi connectivity index (χ0v) is 14.7. The van der Waals surface area contributed by atoms with Crippen LogP contribution in [0.25, 0.3) is 0 Å². The van der Waals surface area contributed by atoms with Crippen molar-refractivity contribution in [1.82, 2.24) is 0 Å². The van der Waals surface area contributed by atoms with Crippen molar-refractivity contribution in [1.29, 1.82) is 0 Å². The van der Waals surface area contributed by atoms with Crippen LogP contribution in [0, 0.1) is 13.0 Å². The van der Waals surface area contributed by atoms with Gasteiger partial charge in [-0.2, -0.15) is 0 Å². The van der Waals surface area contributed by atoms with E-state index in [0.717, 1.165) is 12.8 Å². The van der Waals surface area contributed by atoms with Crippen LogP contribution in [0.3, 0.4) is 0 Å². The summed E-state index contributed by atoms with van der Waals surface area (Å²) >= 11 is 17.3. The largest absolute Gasteiger partial charge is 0.344 e. The van der Waals surface area contributed by atoms with E-state index in [2.05, 4.69) is 6.92 Å². The Labute approximate surface area is 129 Å². The van der Waals surface area contributed by atoms with Gasteiger partial charge < -0.3 is 0 Å². The predicted octanol–water partition coefficient (Wildman–Crippen LogP) is 6.90. The van der Waals surface area contributed by atoms with Gasteiger partial charge in [0.25, 0.3) is 0 Å². The van der Waals surface area contributed by atoms with E-state index in [0.29, 0.717) is 0 Å². The van der Waals surface area contributed by atoms with Crippen molar-refractivity contribution in [2.24, 2.45) is 0 Å². The smallest absolute Gasteiger partial charge is 0.126 e. The summed E-state index contributed by atoms with van der Waals surface area (Å²) in [5.74, 6) is 0. The average Bonchev–Trinajstić information content (AvgIpc) is 2.29. The second-order valence-corrected chi connectivity index (χ2v) is 13.5. The van der Waals surface area contributed by atoms with Crippen LogP contribution in [0.1, 0.15) is 77.0 Å². The summed E-state index contributed by atoms with van der Waals surface area (Å²) in [5, 5.41) is 0. The summed E-state index contributed by atoms with van der Waals surface area (Å²) in [4.78, 5) is 0. The third-order valence-electron chi connectivity index (χ3n) is 3.08. The fourth-order valence-corrected chi connectivity index (χ4v) is 3.51. The highest BCUT2D eigenvalue weighted by Crippen LogP contribution is 2.25. The van der Waals surface area contributed by atoms with Gasteiger partial charge in [0.05, 0.1) is 0 Å². The molecule has 0 nitrogen and oxygen atoms in total. The Bertz CT molecular complexity index is 169. The van der Waals surface area contributed by atoms with Crippen molar-refractivity contribution in [3.8, 4) is 0 Å². The molecule has 0 spiro atoms. The molecule has 0 rings (SSSR count). The first-order valence-corrected chi connectivity index (χ1v) is 12.4. The molecule has 0 fully saturated rings. The van der Waals surface area contributed by atoms with Gasteiger partial charge in [0, 0.05) is 0 Å². The van der Waals surface area contributed by atoms with E-state index in [1.807, 2.05) is 6.04 Å². The fourth-order valence-electron chi connectivity index (χ4n) is 2.00. The summed E-state index contributed by atoms with van der Waals surface area (Å²) in [5.41, 5.74) is 0. The van der Waals surface area contributed by atoms with Gasteiger partial charge in [0.15, 0.2) is 0 Å². The molecule has 0 heterocycles. The number of hydrogen-bond donors (Lipinski definition) is 0. The first kappa shape index (κ1) is 19.1. The van der Waals surface area contributed by atoms with Crippen molar-refractivity contribution in [3.05, 3.63) is 13.0 Å². The van der Waals surface area contributed by atoms with Crippen molar-refractivity contribution in [3.63, 3.8) is 0 Å². The molecule has 0 atom stereocenters. The molecular formula is C14H27Cl3Si. The normalized spacial score (nSPS) is 12.0. The zero-order valence-electron chi connectivity index (χ0n) is 11.4. The Hall–Kier alpha value is 1.09. The van der Waals surface area contributed by atoms with E-state index >= 15 is 0 Å². The van der Waals surface area contributed by atoms with Gasteiger partial charge in [-0.15, -0.1) is 33.2 Å². The minimum atomic E-state index is -2.47. The SMILES string of the molecule is [CH2]CCCCCCCCCCCC[CH][Si](Cl)(Cl)Cl. The molecule has 0 aromatic heterocycles. The third-order valence-corrected chi connectivity index (χ3v) is 5.22. The minimum Gasteiger partial charge on any atom is -0.126 e. The third kappa shape index (κ3) is 17.1. The van der Waals surface area contributed by atoms with Crippen LogP contribution in [0.5, 0.6) is 0 Å². The molecule has 0 aromatic rings. The standard InChI is InChI=1S/C14H27Cl3Si/c1-2-3-4-5-6-7-8-9-10-11-12-13-14-18(15,16)17/h14H,1-13H2. The molecule has 0 unspecified atom stereocenters. The first-order chi connectivity index (χ1) is 8.56. The van der Waals surface area contributed by atoms with Crippen LogP contribution in [0.4, 0.5) is 0 Å². The molecule has 0 saturated heterocycles. The summed E-state index contributed by atoms with van der Waals surface area (Å²) in [7, 11) is 0. The lowest BCUT2D eigenvalue weighted by Gasteiger charge is -2.06. The van der Waals surface area contributed by atoms with Crippen LogP contribution in [-0.4, -0.2) is 6.00 Å². The van der Waals surface area contributed by atoms with E-state index in [1.165, 1.54) is 64.2 Å². The van der Waals surface area contributed by atoms with Crippen molar-refractivity contribution < 1.29 is 0 Å². The molecule has 4 heteroatoms. The topological polar surface area (TPSA) is 0 Å². The van der Waals surface area contributed by atoms with E-state index in [9.17, 15) is 0 Å². The van der Waals surface area contributed by atoms with E-state index in [-0.39, 0.29) is 0 Å². The van der Waals surface area contributed by atoms with Crippen LogP contribution in [-0.2, 0) is 0 Å². The number of halogens is 3. The lowest BCUT2D eigenvalue weighted by atomic mass is 10.1. The van der Waals surface area contributed by atoms with Crippen LogP contribution < -0.4 is 0 Å². The molecule has 18 heavy (non-hydrogen) atoms. The van der Waals surface area contributed by atoms with Crippen LogP contribution in [0.2, 0.25) is 0 Å². The second-order valence-electron chi connectivity index (χ2n) is 4.92. The van der Waals surface area contributed by atoms with Crippen molar-refractivity contribution >= 4 is 39.2 Å².